The molecule has 0 unspecified atom stereocenters. The van der Waals surface area contributed by atoms with Gasteiger partial charge in [0.05, 0.1) is 28.4 Å². The first kappa shape index (κ1) is 31.7. The lowest BCUT2D eigenvalue weighted by Crippen LogP contribution is -2.81. The monoisotopic (exact) mass is 634 g/mol. The van der Waals surface area contributed by atoms with Gasteiger partial charge in [-0.15, -0.1) is 0 Å². The van der Waals surface area contributed by atoms with Gasteiger partial charge in [-0.25, -0.2) is 9.59 Å². The summed E-state index contributed by atoms with van der Waals surface area (Å²) in [4.78, 5) is 52.5. The van der Waals surface area contributed by atoms with Gasteiger partial charge in [0.2, 0.25) is 5.76 Å². The van der Waals surface area contributed by atoms with Crippen molar-refractivity contribution in [3.8, 4) is 0 Å². The van der Waals surface area contributed by atoms with Crippen molar-refractivity contribution in [1.82, 2.24) is 0 Å². The lowest BCUT2D eigenvalue weighted by Gasteiger charge is -2.65. The molecule has 0 amide bonds. The summed E-state index contributed by atoms with van der Waals surface area (Å²) in [5, 5.41) is 14.1. The second-order valence-electron chi connectivity index (χ2n) is 13.4. The molecule has 2 heterocycles. The number of hydrogen-bond acceptors (Lipinski definition) is 11. The first-order valence-electron chi connectivity index (χ1n) is 15.3. The van der Waals surface area contributed by atoms with Crippen molar-refractivity contribution < 1.29 is 52.4 Å². The number of hydrogen-bond donors (Lipinski definition) is 1. The molecule has 2 saturated carbocycles. The maximum atomic E-state index is 14.1. The summed E-state index contributed by atoms with van der Waals surface area (Å²) < 4.78 is 36.4. The summed E-state index contributed by atoms with van der Waals surface area (Å²) in [6.45, 7) is 9.22. The summed E-state index contributed by atoms with van der Waals surface area (Å²) in [6.07, 6.45) is -3.44. The Kier molecular flexibility index (Phi) is 7.56. The fraction of sp³-hybridized carbons (Fsp3) is 0.486. The first-order valence-corrected chi connectivity index (χ1v) is 15.3. The number of benzene rings is 2. The minimum Gasteiger partial charge on any atom is -0.458 e. The van der Waals surface area contributed by atoms with Crippen LogP contribution in [0.4, 0.5) is 0 Å². The van der Waals surface area contributed by atoms with Gasteiger partial charge in [-0.2, -0.15) is 0 Å². The number of esters is 4. The van der Waals surface area contributed by atoms with Crippen LogP contribution in [0.5, 0.6) is 0 Å². The number of aliphatic hydroxyl groups is 1. The molecule has 3 aromatic rings. The van der Waals surface area contributed by atoms with Gasteiger partial charge in [0.1, 0.15) is 23.9 Å². The summed E-state index contributed by atoms with van der Waals surface area (Å²) in [7, 11) is 0. The Morgan fingerprint density at radius 3 is 2.17 bits per heavy atom. The van der Waals surface area contributed by atoms with E-state index in [1.54, 1.807) is 25.1 Å². The molecule has 2 aromatic carbocycles. The fourth-order valence-corrected chi connectivity index (χ4v) is 8.36. The molecule has 3 aliphatic rings. The van der Waals surface area contributed by atoms with Crippen LogP contribution in [0.3, 0.4) is 0 Å². The molecule has 3 fully saturated rings. The van der Waals surface area contributed by atoms with E-state index >= 15 is 0 Å². The Hall–Kier alpha value is -4.22. The predicted molar refractivity (Wildman–Crippen MR) is 162 cm³/mol. The maximum absolute atomic E-state index is 14.1. The van der Waals surface area contributed by atoms with Crippen molar-refractivity contribution in [3.63, 3.8) is 0 Å². The van der Waals surface area contributed by atoms with Crippen LogP contribution in [0.1, 0.15) is 75.3 Å². The fourth-order valence-electron chi connectivity index (χ4n) is 8.36. The Morgan fingerprint density at radius 1 is 0.804 bits per heavy atom. The largest absolute Gasteiger partial charge is 0.458 e. The van der Waals surface area contributed by atoms with Crippen molar-refractivity contribution in [1.29, 1.82) is 0 Å². The van der Waals surface area contributed by atoms with E-state index in [-0.39, 0.29) is 18.6 Å². The van der Waals surface area contributed by atoms with E-state index < -0.39 is 76.4 Å². The second kappa shape index (κ2) is 10.9. The van der Waals surface area contributed by atoms with Gasteiger partial charge in [-0.1, -0.05) is 36.4 Å². The normalized spacial score (nSPS) is 34.3. The zero-order valence-corrected chi connectivity index (χ0v) is 26.6. The second-order valence-corrected chi connectivity index (χ2v) is 13.4. The average Bonchev–Trinajstić information content (AvgIpc) is 3.58. The summed E-state index contributed by atoms with van der Waals surface area (Å²) in [6, 6.07) is 15.7. The zero-order valence-electron chi connectivity index (χ0n) is 26.6. The van der Waals surface area contributed by atoms with Crippen molar-refractivity contribution in [3.05, 3.63) is 72.2 Å². The van der Waals surface area contributed by atoms with E-state index in [4.69, 9.17) is 28.1 Å². The molecule has 11 heteroatoms. The van der Waals surface area contributed by atoms with Crippen LogP contribution in [-0.2, 0) is 33.3 Å². The van der Waals surface area contributed by atoms with Crippen LogP contribution >= 0.6 is 0 Å². The molecule has 2 bridgehead atoms. The smallest absolute Gasteiger partial charge is 0.374 e. The van der Waals surface area contributed by atoms with Gasteiger partial charge >= 0.3 is 23.9 Å². The topological polar surface area (TPSA) is 148 Å². The number of carbonyl (C=O) groups excluding carboxylic acids is 4. The highest BCUT2D eigenvalue weighted by Crippen LogP contribution is 2.69. The summed E-state index contributed by atoms with van der Waals surface area (Å²) >= 11 is 0. The van der Waals surface area contributed by atoms with Gasteiger partial charge in [0.15, 0.2) is 6.10 Å². The Bertz CT molecular complexity index is 1690. The molecule has 244 valence electrons. The van der Waals surface area contributed by atoms with Gasteiger partial charge in [0.25, 0.3) is 0 Å². The zero-order chi connectivity index (χ0) is 33.2. The average molecular weight is 635 g/mol. The summed E-state index contributed by atoms with van der Waals surface area (Å²) in [5.41, 5.74) is -6.03. The minimum absolute atomic E-state index is 0.0576. The summed E-state index contributed by atoms with van der Waals surface area (Å²) in [5.74, 6) is -3.43. The SMILES string of the molecule is CC(=O)O[C@H]1C[C@@](C)(O)[C@]23OC(C)(C)[C@H](C[C@H](OC(=O)c4ccco4)[C@]2(C)[C@H]1OC(C)=O)[C@H]3OC(=O)c1cccc2ccccc12. The molecule has 0 radical (unpaired) electrons. The van der Waals surface area contributed by atoms with Crippen molar-refractivity contribution in [2.24, 2.45) is 11.3 Å². The minimum atomic E-state index is -1.87. The standard InChI is InChI=1S/C35H38O11/c1-19(36)42-26-18-33(5,40)35-28(45-30(38)23-14-9-12-21-11-7-8-13-22(21)23)24(32(3,4)46-35)17-27(34(35,6)29(26)43-20(2)37)44-31(39)25-15-10-16-41-25/h7-16,24,26-29,40H,17-18H2,1-6H3/t24-,26+,27+,28-,29+,33-,34-,35+/m1/s1. The van der Waals surface area contributed by atoms with Crippen LogP contribution in [0.25, 0.3) is 10.8 Å². The molecule has 6 rings (SSSR count). The predicted octanol–water partition coefficient (Wildman–Crippen LogP) is 4.78. The molecule has 1 aromatic heterocycles. The van der Waals surface area contributed by atoms with Crippen LogP contribution in [0.15, 0.2) is 65.3 Å². The highest BCUT2D eigenvalue weighted by atomic mass is 16.6. The highest BCUT2D eigenvalue weighted by Gasteiger charge is 2.84. The maximum Gasteiger partial charge on any atom is 0.374 e. The van der Waals surface area contributed by atoms with Crippen LogP contribution in [0, 0.1) is 11.3 Å². The molecule has 1 N–H and O–H groups in total. The van der Waals surface area contributed by atoms with Crippen molar-refractivity contribution in [2.45, 2.75) is 95.6 Å². The Balaban J connectivity index is 1.53. The third-order valence-electron chi connectivity index (χ3n) is 10.2. The number of furan rings is 1. The van der Waals surface area contributed by atoms with E-state index in [1.165, 1.54) is 33.1 Å². The number of ether oxygens (including phenoxy) is 5. The molecule has 11 nitrogen and oxygen atoms in total. The van der Waals surface area contributed by atoms with Crippen molar-refractivity contribution in [2.75, 3.05) is 0 Å². The first-order chi connectivity index (χ1) is 21.6. The van der Waals surface area contributed by atoms with Gasteiger partial charge in [0, 0.05) is 26.2 Å². The van der Waals surface area contributed by atoms with Gasteiger partial charge in [-0.3, -0.25) is 9.59 Å². The highest BCUT2D eigenvalue weighted by molar-refractivity contribution is 6.04. The number of rotatable bonds is 6. The molecular formula is C35H38O11. The van der Waals surface area contributed by atoms with Crippen molar-refractivity contribution >= 4 is 34.6 Å². The van der Waals surface area contributed by atoms with Crippen LogP contribution in [-0.4, -0.2) is 70.2 Å². The Morgan fingerprint density at radius 2 is 1.50 bits per heavy atom. The number of carbonyl (C=O) groups is 4. The third-order valence-corrected chi connectivity index (χ3v) is 10.2. The Labute approximate surface area is 266 Å². The van der Waals surface area contributed by atoms with E-state index in [0.717, 1.165) is 5.39 Å². The molecule has 1 saturated heterocycles. The molecule has 46 heavy (non-hydrogen) atoms. The molecule has 2 aliphatic carbocycles. The third kappa shape index (κ3) is 4.70. The molecule has 1 aliphatic heterocycles. The van der Waals surface area contributed by atoms with E-state index in [0.29, 0.717) is 10.9 Å². The lowest BCUT2D eigenvalue weighted by molar-refractivity contribution is -0.343. The lowest BCUT2D eigenvalue weighted by atomic mass is 9.47. The molecular weight excluding hydrogens is 596 g/mol. The van der Waals surface area contributed by atoms with E-state index in [2.05, 4.69) is 0 Å². The molecule has 8 atom stereocenters. The van der Waals surface area contributed by atoms with Crippen LogP contribution in [0.2, 0.25) is 0 Å². The quantitative estimate of drug-likeness (QED) is 0.295. The molecule has 1 spiro atoms. The number of fused-ring (bicyclic) bond motifs is 2. The van der Waals surface area contributed by atoms with Gasteiger partial charge < -0.3 is 33.2 Å². The van der Waals surface area contributed by atoms with Crippen LogP contribution < -0.4 is 0 Å². The van der Waals surface area contributed by atoms with E-state index in [9.17, 15) is 24.3 Å². The van der Waals surface area contributed by atoms with Gasteiger partial charge in [-0.05, 0) is 63.1 Å². The van der Waals surface area contributed by atoms with E-state index in [1.807, 2.05) is 44.2 Å².